The monoisotopic (exact) mass is 305 g/mol. The number of benzene rings is 2. The van der Waals surface area contributed by atoms with Gasteiger partial charge in [0.05, 0.1) is 16.8 Å². The Morgan fingerprint density at radius 3 is 2.52 bits per heavy atom. The number of thioether (sulfide) groups is 1. The number of hydrogen-bond donors (Lipinski definition) is 2. The van der Waals surface area contributed by atoms with E-state index in [4.69, 9.17) is 5.11 Å². The van der Waals surface area contributed by atoms with E-state index in [0.717, 1.165) is 11.0 Å². The minimum absolute atomic E-state index is 0.0547. The van der Waals surface area contributed by atoms with Gasteiger partial charge in [-0.15, -0.1) is 11.8 Å². The maximum absolute atomic E-state index is 13.8. The lowest BCUT2D eigenvalue weighted by Gasteiger charge is -2.09. The van der Waals surface area contributed by atoms with Gasteiger partial charge >= 0.3 is 5.97 Å². The fourth-order valence-corrected chi connectivity index (χ4v) is 2.37. The molecule has 0 radical (unpaired) electrons. The van der Waals surface area contributed by atoms with Crippen molar-refractivity contribution in [3.63, 3.8) is 0 Å². The van der Waals surface area contributed by atoms with Crippen LogP contribution < -0.4 is 5.32 Å². The van der Waals surface area contributed by atoms with Crippen molar-refractivity contribution in [2.75, 3.05) is 11.6 Å². The van der Waals surface area contributed by atoms with Crippen LogP contribution in [-0.2, 0) is 0 Å². The van der Waals surface area contributed by atoms with Crippen molar-refractivity contribution < 1.29 is 19.1 Å². The van der Waals surface area contributed by atoms with Crippen LogP contribution in [0.4, 0.5) is 10.1 Å². The highest BCUT2D eigenvalue weighted by Crippen LogP contribution is 2.22. The molecule has 1 amide bonds. The second-order valence-corrected chi connectivity index (χ2v) is 5.00. The number of carboxylic acid groups (broad SMARTS) is 1. The van der Waals surface area contributed by atoms with Crippen LogP contribution in [0.3, 0.4) is 0 Å². The summed E-state index contributed by atoms with van der Waals surface area (Å²) in [6, 6.07) is 10.3. The van der Waals surface area contributed by atoms with Crippen LogP contribution in [0.1, 0.15) is 20.7 Å². The number of anilines is 1. The van der Waals surface area contributed by atoms with Crippen molar-refractivity contribution >= 4 is 29.3 Å². The zero-order valence-corrected chi connectivity index (χ0v) is 11.9. The molecule has 0 spiro atoms. The molecule has 0 aliphatic heterocycles. The van der Waals surface area contributed by atoms with E-state index in [2.05, 4.69) is 5.32 Å². The molecule has 0 saturated carbocycles. The Hall–Kier alpha value is -2.34. The lowest BCUT2D eigenvalue weighted by molar-refractivity contribution is 0.0696. The molecule has 108 valence electrons. The molecule has 0 atom stereocenters. The van der Waals surface area contributed by atoms with E-state index in [1.165, 1.54) is 23.9 Å². The normalized spacial score (nSPS) is 10.2. The summed E-state index contributed by atoms with van der Waals surface area (Å²) in [6.07, 6.45) is 1.84. The van der Waals surface area contributed by atoms with Crippen molar-refractivity contribution in [3.8, 4) is 0 Å². The van der Waals surface area contributed by atoms with Gasteiger partial charge in [0, 0.05) is 4.90 Å². The zero-order valence-electron chi connectivity index (χ0n) is 11.1. The van der Waals surface area contributed by atoms with E-state index in [0.29, 0.717) is 5.56 Å². The second kappa shape index (κ2) is 6.41. The molecular weight excluding hydrogens is 293 g/mol. The van der Waals surface area contributed by atoms with Gasteiger partial charge in [0.2, 0.25) is 0 Å². The molecule has 2 aromatic carbocycles. The summed E-state index contributed by atoms with van der Waals surface area (Å²) in [5, 5.41) is 11.2. The number of nitrogens with one attached hydrogen (secondary N) is 1. The van der Waals surface area contributed by atoms with E-state index in [-0.39, 0.29) is 11.3 Å². The number of halogens is 1. The molecule has 2 rings (SSSR count). The Morgan fingerprint density at radius 1 is 1.19 bits per heavy atom. The van der Waals surface area contributed by atoms with Crippen LogP contribution in [0.15, 0.2) is 47.4 Å². The Bertz CT molecular complexity index is 703. The first-order valence-corrected chi connectivity index (χ1v) is 7.22. The number of carboxylic acids is 1. The van der Waals surface area contributed by atoms with Crippen molar-refractivity contribution in [3.05, 3.63) is 59.4 Å². The highest BCUT2D eigenvalue weighted by atomic mass is 32.2. The summed E-state index contributed by atoms with van der Waals surface area (Å²) < 4.78 is 13.8. The fraction of sp³-hybridized carbons (Fsp3) is 0.0667. The number of hydrogen-bond acceptors (Lipinski definition) is 3. The average molecular weight is 305 g/mol. The lowest BCUT2D eigenvalue weighted by atomic mass is 10.1. The Balaban J connectivity index is 2.26. The minimum atomic E-state index is -1.22. The second-order valence-electron chi connectivity index (χ2n) is 4.15. The Labute approximate surface area is 125 Å². The summed E-state index contributed by atoms with van der Waals surface area (Å²) >= 11 is 1.41. The van der Waals surface area contributed by atoms with Crippen LogP contribution in [0, 0.1) is 5.82 Å². The van der Waals surface area contributed by atoms with Crippen LogP contribution in [0.5, 0.6) is 0 Å². The van der Waals surface area contributed by atoms with Crippen LogP contribution >= 0.6 is 11.8 Å². The van der Waals surface area contributed by atoms with E-state index in [1.807, 2.05) is 12.3 Å². The van der Waals surface area contributed by atoms with Crippen molar-refractivity contribution in [2.24, 2.45) is 0 Å². The maximum Gasteiger partial charge on any atom is 0.335 e. The molecule has 6 heteroatoms. The largest absolute Gasteiger partial charge is 0.478 e. The van der Waals surface area contributed by atoms with Crippen molar-refractivity contribution in [2.45, 2.75) is 4.90 Å². The van der Waals surface area contributed by atoms with E-state index >= 15 is 0 Å². The lowest BCUT2D eigenvalue weighted by Crippen LogP contribution is -2.14. The van der Waals surface area contributed by atoms with Gasteiger partial charge in [-0.3, -0.25) is 4.79 Å². The smallest absolute Gasteiger partial charge is 0.335 e. The first kappa shape index (κ1) is 15.1. The number of carbonyl (C=O) groups excluding carboxylic acids is 1. The predicted octanol–water partition coefficient (Wildman–Crippen LogP) is 3.50. The molecule has 0 unspecified atom stereocenters. The molecule has 0 aliphatic carbocycles. The molecule has 0 fully saturated rings. The van der Waals surface area contributed by atoms with Crippen LogP contribution in [0.2, 0.25) is 0 Å². The van der Waals surface area contributed by atoms with Crippen molar-refractivity contribution in [1.29, 1.82) is 0 Å². The highest BCUT2D eigenvalue weighted by molar-refractivity contribution is 7.98. The summed E-state index contributed by atoms with van der Waals surface area (Å²) in [4.78, 5) is 23.7. The zero-order chi connectivity index (χ0) is 15.4. The van der Waals surface area contributed by atoms with E-state index < -0.39 is 17.7 Å². The van der Waals surface area contributed by atoms with Gasteiger partial charge in [0.15, 0.2) is 0 Å². The standard InChI is InChI=1S/C15H12FNO3S/c1-21-13-5-3-2-4-10(13)14(18)17-12-7-6-9(15(19)20)8-11(12)16/h2-8H,1H3,(H,17,18)(H,19,20). The first-order valence-electron chi connectivity index (χ1n) is 6.00. The highest BCUT2D eigenvalue weighted by Gasteiger charge is 2.14. The van der Waals surface area contributed by atoms with Gasteiger partial charge in [-0.05, 0) is 36.6 Å². The number of carbonyl (C=O) groups is 2. The third-order valence-electron chi connectivity index (χ3n) is 2.82. The molecule has 0 heterocycles. The van der Waals surface area contributed by atoms with Gasteiger partial charge in [-0.1, -0.05) is 12.1 Å². The molecule has 0 aliphatic rings. The van der Waals surface area contributed by atoms with E-state index in [9.17, 15) is 14.0 Å². The fourth-order valence-electron chi connectivity index (χ4n) is 1.77. The topological polar surface area (TPSA) is 66.4 Å². The predicted molar refractivity (Wildman–Crippen MR) is 79.5 cm³/mol. The number of rotatable bonds is 4. The third-order valence-corrected chi connectivity index (χ3v) is 3.61. The van der Waals surface area contributed by atoms with Gasteiger partial charge in [0.1, 0.15) is 5.82 Å². The molecule has 0 saturated heterocycles. The van der Waals surface area contributed by atoms with Crippen LogP contribution in [0.25, 0.3) is 0 Å². The minimum Gasteiger partial charge on any atom is -0.478 e. The van der Waals surface area contributed by atoms with Crippen LogP contribution in [-0.4, -0.2) is 23.2 Å². The van der Waals surface area contributed by atoms with Gasteiger partial charge in [0.25, 0.3) is 5.91 Å². The summed E-state index contributed by atoms with van der Waals surface area (Å²) in [7, 11) is 0. The first-order chi connectivity index (χ1) is 10.0. The molecule has 4 nitrogen and oxygen atoms in total. The van der Waals surface area contributed by atoms with Gasteiger partial charge in [-0.2, -0.15) is 0 Å². The molecule has 21 heavy (non-hydrogen) atoms. The Kier molecular flexibility index (Phi) is 4.59. The molecule has 2 aromatic rings. The summed E-state index contributed by atoms with van der Waals surface area (Å²) in [5.41, 5.74) is 0.211. The average Bonchev–Trinajstić information content (AvgIpc) is 2.48. The molecular formula is C15H12FNO3S. The molecule has 0 aromatic heterocycles. The maximum atomic E-state index is 13.8. The molecule has 2 N–H and O–H groups in total. The van der Waals surface area contributed by atoms with Crippen molar-refractivity contribution in [1.82, 2.24) is 0 Å². The SMILES string of the molecule is CSc1ccccc1C(=O)Nc1ccc(C(=O)O)cc1F. The van der Waals surface area contributed by atoms with E-state index in [1.54, 1.807) is 18.2 Å². The Morgan fingerprint density at radius 2 is 1.90 bits per heavy atom. The molecule has 0 bridgehead atoms. The summed E-state index contributed by atoms with van der Waals surface area (Å²) in [5.74, 6) is -2.45. The quantitative estimate of drug-likeness (QED) is 0.848. The van der Waals surface area contributed by atoms with Gasteiger partial charge in [-0.25, -0.2) is 9.18 Å². The third kappa shape index (κ3) is 3.41. The number of amides is 1. The van der Waals surface area contributed by atoms with Gasteiger partial charge < -0.3 is 10.4 Å². The number of aromatic carboxylic acids is 1. The summed E-state index contributed by atoms with van der Waals surface area (Å²) in [6.45, 7) is 0.